The van der Waals surface area contributed by atoms with Gasteiger partial charge in [0.2, 0.25) is 0 Å². The van der Waals surface area contributed by atoms with Crippen molar-refractivity contribution in [2.75, 3.05) is 14.2 Å². The van der Waals surface area contributed by atoms with Crippen LogP contribution >= 0.6 is 0 Å². The van der Waals surface area contributed by atoms with Crippen molar-refractivity contribution >= 4 is 0 Å². The summed E-state index contributed by atoms with van der Waals surface area (Å²) in [7, 11) is 3.29. The van der Waals surface area contributed by atoms with Gasteiger partial charge in [-0.05, 0) is 42.3 Å². The van der Waals surface area contributed by atoms with Gasteiger partial charge in [0, 0.05) is 0 Å². The average Bonchev–Trinajstić information content (AvgIpc) is 3.02. The molecule has 0 aliphatic rings. The minimum Gasteiger partial charge on any atom is -0.493 e. The zero-order valence-corrected chi connectivity index (χ0v) is 13.6. The van der Waals surface area contributed by atoms with Crippen LogP contribution in [0.4, 0.5) is 0 Å². The summed E-state index contributed by atoms with van der Waals surface area (Å²) in [6, 6.07) is 20.3. The molecule has 1 atom stereocenters. The third-order valence-electron chi connectivity index (χ3n) is 3.92. The highest BCUT2D eigenvalue weighted by Gasteiger charge is 2.21. The molecule has 0 N–H and O–H groups in total. The Hall–Kier alpha value is -2.68. The fourth-order valence-electron chi connectivity index (χ4n) is 2.81. The molecule has 3 rings (SSSR count). The lowest BCUT2D eigenvalue weighted by atomic mass is 9.89. The van der Waals surface area contributed by atoms with Crippen LogP contribution in [-0.2, 0) is 0 Å². The first-order chi connectivity index (χ1) is 11.2. The molecule has 0 fully saturated rings. The molecule has 23 heavy (non-hydrogen) atoms. The van der Waals surface area contributed by atoms with E-state index in [9.17, 15) is 0 Å². The van der Waals surface area contributed by atoms with Crippen LogP contribution in [-0.4, -0.2) is 14.2 Å². The van der Waals surface area contributed by atoms with Gasteiger partial charge in [0.15, 0.2) is 11.5 Å². The monoisotopic (exact) mass is 308 g/mol. The summed E-state index contributed by atoms with van der Waals surface area (Å²) in [4.78, 5) is 0. The van der Waals surface area contributed by atoms with Crippen LogP contribution in [0.2, 0.25) is 0 Å². The molecule has 0 radical (unpaired) electrons. The first-order valence-corrected chi connectivity index (χ1v) is 7.56. The Morgan fingerprint density at radius 2 is 1.52 bits per heavy atom. The molecule has 0 spiro atoms. The fraction of sp³-hybridized carbons (Fsp3) is 0.200. The molecule has 2 aromatic carbocycles. The van der Waals surface area contributed by atoms with Gasteiger partial charge in [-0.25, -0.2) is 0 Å². The highest BCUT2D eigenvalue weighted by Crippen LogP contribution is 2.37. The number of ether oxygens (including phenoxy) is 2. The number of hydrogen-bond donors (Lipinski definition) is 0. The minimum atomic E-state index is 0.0182. The molecule has 0 unspecified atom stereocenters. The minimum absolute atomic E-state index is 0.0182. The Balaban J connectivity index is 2.12. The topological polar surface area (TPSA) is 31.6 Å². The van der Waals surface area contributed by atoms with Gasteiger partial charge in [0.1, 0.15) is 11.5 Å². The van der Waals surface area contributed by atoms with Crippen LogP contribution in [0.15, 0.2) is 65.1 Å². The molecule has 0 aliphatic carbocycles. The Kier molecular flexibility index (Phi) is 4.38. The standard InChI is InChI=1S/C20H20O3/c1-14-9-11-18(23-14)20(15-7-5-4-6-8-15)16-10-12-17(21-2)19(13-16)22-3/h4-13,20H,1-3H3/t20-/m0/s1. The maximum atomic E-state index is 5.91. The molecule has 1 heterocycles. The highest BCUT2D eigenvalue weighted by molar-refractivity contribution is 5.48. The number of rotatable bonds is 5. The summed E-state index contributed by atoms with van der Waals surface area (Å²) >= 11 is 0. The van der Waals surface area contributed by atoms with Crippen LogP contribution < -0.4 is 9.47 Å². The first kappa shape index (κ1) is 15.2. The van der Waals surface area contributed by atoms with Gasteiger partial charge in [0.25, 0.3) is 0 Å². The van der Waals surface area contributed by atoms with Crippen molar-refractivity contribution in [2.45, 2.75) is 12.8 Å². The molecule has 0 amide bonds. The van der Waals surface area contributed by atoms with Gasteiger partial charge in [-0.2, -0.15) is 0 Å². The van der Waals surface area contributed by atoms with Crippen molar-refractivity contribution in [2.24, 2.45) is 0 Å². The van der Waals surface area contributed by atoms with Crippen LogP contribution in [0.25, 0.3) is 0 Å². The van der Waals surface area contributed by atoms with E-state index in [0.717, 1.165) is 22.8 Å². The van der Waals surface area contributed by atoms with Crippen LogP contribution in [0.5, 0.6) is 11.5 Å². The molecule has 0 aliphatic heterocycles. The van der Waals surface area contributed by atoms with E-state index in [-0.39, 0.29) is 5.92 Å². The van der Waals surface area contributed by atoms with E-state index in [1.807, 2.05) is 49.4 Å². The molecule has 118 valence electrons. The summed E-state index contributed by atoms with van der Waals surface area (Å²) in [6.07, 6.45) is 0. The van der Waals surface area contributed by atoms with Crippen LogP contribution in [0, 0.1) is 6.92 Å². The van der Waals surface area contributed by atoms with Crippen molar-refractivity contribution in [1.29, 1.82) is 0 Å². The molecular weight excluding hydrogens is 288 g/mol. The second kappa shape index (κ2) is 6.61. The second-order valence-electron chi connectivity index (χ2n) is 5.41. The van der Waals surface area contributed by atoms with Crippen molar-refractivity contribution in [3.63, 3.8) is 0 Å². The Labute approximate surface area is 136 Å². The number of methoxy groups -OCH3 is 2. The highest BCUT2D eigenvalue weighted by atomic mass is 16.5. The first-order valence-electron chi connectivity index (χ1n) is 7.56. The van der Waals surface area contributed by atoms with Crippen molar-refractivity contribution < 1.29 is 13.9 Å². The summed E-state index contributed by atoms with van der Waals surface area (Å²) in [5.41, 5.74) is 2.28. The third kappa shape index (κ3) is 3.09. The molecule has 0 bridgehead atoms. The normalized spacial score (nSPS) is 12.0. The smallest absolute Gasteiger partial charge is 0.161 e. The lowest BCUT2D eigenvalue weighted by Crippen LogP contribution is -2.03. The molecular formula is C20H20O3. The second-order valence-corrected chi connectivity index (χ2v) is 5.41. The van der Waals surface area contributed by atoms with E-state index in [0.29, 0.717) is 5.75 Å². The Morgan fingerprint density at radius 1 is 0.783 bits per heavy atom. The van der Waals surface area contributed by atoms with Gasteiger partial charge in [0.05, 0.1) is 20.1 Å². The van der Waals surface area contributed by atoms with Crippen molar-refractivity contribution in [3.05, 3.63) is 83.3 Å². The lowest BCUT2D eigenvalue weighted by Gasteiger charge is -2.18. The van der Waals surface area contributed by atoms with E-state index in [1.165, 1.54) is 5.56 Å². The zero-order valence-electron chi connectivity index (χ0n) is 13.6. The number of benzene rings is 2. The van der Waals surface area contributed by atoms with Crippen LogP contribution in [0.1, 0.15) is 28.6 Å². The van der Waals surface area contributed by atoms with Crippen LogP contribution in [0.3, 0.4) is 0 Å². The van der Waals surface area contributed by atoms with Crippen molar-refractivity contribution in [3.8, 4) is 11.5 Å². The Bertz CT molecular complexity index is 775. The maximum Gasteiger partial charge on any atom is 0.161 e. The molecule has 0 saturated carbocycles. The summed E-state index contributed by atoms with van der Waals surface area (Å²) < 4.78 is 16.7. The van der Waals surface area contributed by atoms with E-state index in [1.54, 1.807) is 14.2 Å². The van der Waals surface area contributed by atoms with E-state index >= 15 is 0 Å². The van der Waals surface area contributed by atoms with Gasteiger partial charge in [-0.3, -0.25) is 0 Å². The molecule has 1 aromatic heterocycles. The fourth-order valence-corrected chi connectivity index (χ4v) is 2.81. The summed E-state index contributed by atoms with van der Waals surface area (Å²) in [5, 5.41) is 0. The lowest BCUT2D eigenvalue weighted by molar-refractivity contribution is 0.354. The van der Waals surface area contributed by atoms with E-state index in [2.05, 4.69) is 18.2 Å². The van der Waals surface area contributed by atoms with Crippen molar-refractivity contribution in [1.82, 2.24) is 0 Å². The number of hydrogen-bond acceptors (Lipinski definition) is 3. The molecule has 3 nitrogen and oxygen atoms in total. The SMILES string of the molecule is COc1ccc([C@H](c2ccccc2)c2ccc(C)o2)cc1OC. The summed E-state index contributed by atoms with van der Waals surface area (Å²) in [6.45, 7) is 1.96. The van der Waals surface area contributed by atoms with E-state index in [4.69, 9.17) is 13.9 Å². The quantitative estimate of drug-likeness (QED) is 0.679. The largest absolute Gasteiger partial charge is 0.493 e. The number of furan rings is 1. The van der Waals surface area contributed by atoms with E-state index < -0.39 is 0 Å². The predicted octanol–water partition coefficient (Wildman–Crippen LogP) is 4.79. The molecule has 0 saturated heterocycles. The molecule has 3 heteroatoms. The maximum absolute atomic E-state index is 5.91. The third-order valence-corrected chi connectivity index (χ3v) is 3.92. The predicted molar refractivity (Wildman–Crippen MR) is 90.4 cm³/mol. The van der Waals surface area contributed by atoms with Gasteiger partial charge in [-0.1, -0.05) is 36.4 Å². The average molecular weight is 308 g/mol. The van der Waals surface area contributed by atoms with Gasteiger partial charge < -0.3 is 13.9 Å². The molecule has 3 aromatic rings. The Morgan fingerprint density at radius 3 is 2.13 bits per heavy atom. The van der Waals surface area contributed by atoms with Gasteiger partial charge >= 0.3 is 0 Å². The summed E-state index contributed by atoms with van der Waals surface area (Å²) in [5.74, 6) is 3.28. The zero-order chi connectivity index (χ0) is 16.2. The van der Waals surface area contributed by atoms with Gasteiger partial charge in [-0.15, -0.1) is 0 Å². The number of aryl methyl sites for hydroxylation is 1.